The van der Waals surface area contributed by atoms with Crippen LogP contribution in [0.25, 0.3) is 0 Å². The number of thioether (sulfide) groups is 1. The van der Waals surface area contributed by atoms with Crippen LogP contribution in [0, 0.1) is 5.92 Å². The van der Waals surface area contributed by atoms with Crippen molar-refractivity contribution >= 4 is 11.8 Å². The minimum absolute atomic E-state index is 0.198. The molecule has 0 radical (unpaired) electrons. The van der Waals surface area contributed by atoms with Gasteiger partial charge < -0.3 is 5.73 Å². The first kappa shape index (κ1) is 10.4. The predicted molar refractivity (Wildman–Crippen MR) is 57.5 cm³/mol. The van der Waals surface area contributed by atoms with E-state index < -0.39 is 0 Å². The molecule has 0 aromatic carbocycles. The van der Waals surface area contributed by atoms with Crippen molar-refractivity contribution in [3.05, 3.63) is 0 Å². The van der Waals surface area contributed by atoms with Crippen LogP contribution in [0.1, 0.15) is 39.0 Å². The van der Waals surface area contributed by atoms with Crippen LogP contribution in [-0.2, 0) is 0 Å². The molecule has 0 bridgehead atoms. The zero-order valence-electron chi connectivity index (χ0n) is 8.31. The average Bonchev–Trinajstić information content (AvgIpc) is 2.45. The molecule has 0 saturated heterocycles. The fourth-order valence-corrected chi connectivity index (χ4v) is 2.76. The van der Waals surface area contributed by atoms with Gasteiger partial charge in [-0.3, -0.25) is 0 Å². The maximum atomic E-state index is 6.30. The van der Waals surface area contributed by atoms with Crippen molar-refractivity contribution in [2.75, 3.05) is 12.0 Å². The summed E-state index contributed by atoms with van der Waals surface area (Å²) in [5.74, 6) is 2.14. The van der Waals surface area contributed by atoms with E-state index in [9.17, 15) is 0 Å². The molecule has 1 saturated carbocycles. The standard InChI is InChI=1S/C10H21NS/c1-3-9-4-5-10(11,8-9)6-7-12-2/h9H,3-8,11H2,1-2H3. The molecule has 0 heterocycles. The molecule has 1 fully saturated rings. The van der Waals surface area contributed by atoms with Gasteiger partial charge in [-0.15, -0.1) is 0 Å². The largest absolute Gasteiger partial charge is 0.325 e. The minimum Gasteiger partial charge on any atom is -0.325 e. The van der Waals surface area contributed by atoms with Gasteiger partial charge >= 0.3 is 0 Å². The summed E-state index contributed by atoms with van der Waals surface area (Å²) in [6, 6.07) is 0. The third kappa shape index (κ3) is 2.67. The molecule has 1 aliphatic carbocycles. The van der Waals surface area contributed by atoms with Crippen LogP contribution in [0.2, 0.25) is 0 Å². The minimum atomic E-state index is 0.198. The molecule has 72 valence electrons. The van der Waals surface area contributed by atoms with Gasteiger partial charge in [-0.25, -0.2) is 0 Å². The normalized spacial score (nSPS) is 35.8. The summed E-state index contributed by atoms with van der Waals surface area (Å²) in [6.45, 7) is 2.28. The van der Waals surface area contributed by atoms with Gasteiger partial charge in [0.2, 0.25) is 0 Å². The van der Waals surface area contributed by atoms with Crippen LogP contribution in [0.4, 0.5) is 0 Å². The van der Waals surface area contributed by atoms with Crippen molar-refractivity contribution in [1.29, 1.82) is 0 Å². The van der Waals surface area contributed by atoms with E-state index in [2.05, 4.69) is 13.2 Å². The molecule has 0 aromatic heterocycles. The van der Waals surface area contributed by atoms with E-state index in [1.165, 1.54) is 37.9 Å². The van der Waals surface area contributed by atoms with Gasteiger partial charge in [0, 0.05) is 5.54 Å². The summed E-state index contributed by atoms with van der Waals surface area (Å²) >= 11 is 1.92. The lowest BCUT2D eigenvalue weighted by molar-refractivity contribution is 0.400. The van der Waals surface area contributed by atoms with Gasteiger partial charge in [-0.1, -0.05) is 13.3 Å². The Morgan fingerprint density at radius 1 is 1.58 bits per heavy atom. The Hall–Kier alpha value is 0.310. The lowest BCUT2D eigenvalue weighted by Crippen LogP contribution is -2.37. The van der Waals surface area contributed by atoms with Crippen molar-refractivity contribution in [1.82, 2.24) is 0 Å². The second kappa shape index (κ2) is 4.52. The molecule has 12 heavy (non-hydrogen) atoms. The molecule has 0 aromatic rings. The molecule has 2 heteroatoms. The number of nitrogens with two attached hydrogens (primary N) is 1. The van der Waals surface area contributed by atoms with Gasteiger partial charge in [-0.05, 0) is 43.6 Å². The third-order valence-electron chi connectivity index (χ3n) is 3.13. The van der Waals surface area contributed by atoms with Crippen molar-refractivity contribution in [2.45, 2.75) is 44.6 Å². The van der Waals surface area contributed by atoms with Gasteiger partial charge in [-0.2, -0.15) is 11.8 Å². The first-order valence-corrected chi connectivity index (χ1v) is 6.37. The third-order valence-corrected chi connectivity index (χ3v) is 3.74. The maximum Gasteiger partial charge on any atom is 0.0165 e. The van der Waals surface area contributed by atoms with E-state index in [0.717, 1.165) is 5.92 Å². The zero-order valence-corrected chi connectivity index (χ0v) is 9.12. The molecule has 2 unspecified atom stereocenters. The highest BCUT2D eigenvalue weighted by atomic mass is 32.2. The van der Waals surface area contributed by atoms with E-state index in [0.29, 0.717) is 0 Å². The molecule has 0 amide bonds. The summed E-state index contributed by atoms with van der Waals surface area (Å²) in [7, 11) is 0. The van der Waals surface area contributed by atoms with E-state index in [-0.39, 0.29) is 5.54 Å². The van der Waals surface area contributed by atoms with Crippen molar-refractivity contribution < 1.29 is 0 Å². The Balaban J connectivity index is 2.31. The van der Waals surface area contributed by atoms with Gasteiger partial charge in [0.15, 0.2) is 0 Å². The fraction of sp³-hybridized carbons (Fsp3) is 1.00. The molecule has 0 aliphatic heterocycles. The van der Waals surface area contributed by atoms with Crippen molar-refractivity contribution in [2.24, 2.45) is 11.7 Å². The molecule has 2 atom stereocenters. The molecule has 0 spiro atoms. The first-order chi connectivity index (χ1) is 5.70. The lowest BCUT2D eigenvalue weighted by atomic mass is 9.93. The lowest BCUT2D eigenvalue weighted by Gasteiger charge is -2.23. The van der Waals surface area contributed by atoms with Crippen LogP contribution in [0.3, 0.4) is 0 Å². The summed E-state index contributed by atoms with van der Waals surface area (Å²) < 4.78 is 0. The van der Waals surface area contributed by atoms with Gasteiger partial charge in [0.25, 0.3) is 0 Å². The van der Waals surface area contributed by atoms with Crippen LogP contribution >= 0.6 is 11.8 Å². The molecule has 1 aliphatic rings. The highest BCUT2D eigenvalue weighted by Crippen LogP contribution is 2.37. The highest BCUT2D eigenvalue weighted by Gasteiger charge is 2.33. The fourth-order valence-electron chi connectivity index (χ4n) is 2.15. The molecule has 2 N–H and O–H groups in total. The Kier molecular flexibility index (Phi) is 3.91. The number of hydrogen-bond acceptors (Lipinski definition) is 2. The van der Waals surface area contributed by atoms with E-state index in [1.807, 2.05) is 11.8 Å². The Morgan fingerprint density at radius 2 is 2.33 bits per heavy atom. The summed E-state index contributed by atoms with van der Waals surface area (Å²) in [5, 5.41) is 0. The number of rotatable bonds is 4. The van der Waals surface area contributed by atoms with Crippen molar-refractivity contribution in [3.63, 3.8) is 0 Å². The van der Waals surface area contributed by atoms with E-state index in [4.69, 9.17) is 5.73 Å². The van der Waals surface area contributed by atoms with E-state index in [1.54, 1.807) is 0 Å². The second-order valence-electron chi connectivity index (χ2n) is 4.12. The quantitative estimate of drug-likeness (QED) is 0.732. The predicted octanol–water partition coefficient (Wildman–Crippen LogP) is 2.65. The van der Waals surface area contributed by atoms with Gasteiger partial charge in [0.1, 0.15) is 0 Å². The van der Waals surface area contributed by atoms with E-state index >= 15 is 0 Å². The molecular weight excluding hydrogens is 166 g/mol. The summed E-state index contributed by atoms with van der Waals surface area (Å²) in [6.07, 6.45) is 8.58. The Labute approximate surface area is 80.5 Å². The SMILES string of the molecule is CCC1CCC(N)(CCSC)C1. The van der Waals surface area contributed by atoms with Crippen molar-refractivity contribution in [3.8, 4) is 0 Å². The topological polar surface area (TPSA) is 26.0 Å². The van der Waals surface area contributed by atoms with Crippen LogP contribution in [0.5, 0.6) is 0 Å². The number of hydrogen-bond donors (Lipinski definition) is 1. The zero-order chi connectivity index (χ0) is 9.03. The monoisotopic (exact) mass is 187 g/mol. The summed E-state index contributed by atoms with van der Waals surface area (Å²) in [5.41, 5.74) is 6.50. The smallest absolute Gasteiger partial charge is 0.0165 e. The van der Waals surface area contributed by atoms with Crippen LogP contribution in [0.15, 0.2) is 0 Å². The summed E-state index contributed by atoms with van der Waals surface area (Å²) in [4.78, 5) is 0. The molecule has 1 nitrogen and oxygen atoms in total. The average molecular weight is 187 g/mol. The Bertz CT molecular complexity index is 138. The van der Waals surface area contributed by atoms with Crippen LogP contribution in [-0.4, -0.2) is 17.5 Å². The molecular formula is C10H21NS. The highest BCUT2D eigenvalue weighted by molar-refractivity contribution is 7.98. The Morgan fingerprint density at radius 3 is 2.83 bits per heavy atom. The van der Waals surface area contributed by atoms with Crippen LogP contribution < -0.4 is 5.73 Å². The molecule has 1 rings (SSSR count). The van der Waals surface area contributed by atoms with Gasteiger partial charge in [0.05, 0.1) is 0 Å². The maximum absolute atomic E-state index is 6.30. The first-order valence-electron chi connectivity index (χ1n) is 4.98. The second-order valence-corrected chi connectivity index (χ2v) is 5.11.